The Kier molecular flexibility index (Phi) is 4.16. The zero-order valence-electron chi connectivity index (χ0n) is 13.6. The maximum atomic E-state index is 12.6. The Morgan fingerprint density at radius 2 is 2.04 bits per heavy atom. The van der Waals surface area contributed by atoms with Gasteiger partial charge in [0.25, 0.3) is 5.56 Å². The molecule has 24 heavy (non-hydrogen) atoms. The van der Waals surface area contributed by atoms with Gasteiger partial charge >= 0.3 is 5.97 Å². The van der Waals surface area contributed by atoms with E-state index in [-0.39, 0.29) is 12.1 Å². The molecule has 1 atom stereocenters. The fraction of sp³-hybridized carbons (Fsp3) is 0.294. The van der Waals surface area contributed by atoms with Crippen LogP contribution in [0, 0.1) is 6.92 Å². The Labute approximate surface area is 137 Å². The van der Waals surface area contributed by atoms with E-state index in [1.165, 1.54) is 0 Å². The number of benzene rings is 1. The van der Waals surface area contributed by atoms with Crippen LogP contribution in [0.5, 0.6) is 0 Å². The fourth-order valence-corrected chi connectivity index (χ4v) is 2.53. The Morgan fingerprint density at radius 3 is 2.71 bits per heavy atom. The number of carbonyl (C=O) groups is 1. The van der Waals surface area contributed by atoms with Crippen molar-refractivity contribution >= 4 is 16.9 Å². The van der Waals surface area contributed by atoms with Gasteiger partial charge in [-0.05, 0) is 20.8 Å². The normalized spacial score (nSPS) is 12.3. The van der Waals surface area contributed by atoms with Crippen LogP contribution in [0.15, 0.2) is 39.6 Å². The number of carbonyl (C=O) groups excluding carboxylic acids is 1. The summed E-state index contributed by atoms with van der Waals surface area (Å²) in [5.41, 5.74) is 1.01. The number of hydrogen-bond acceptors (Lipinski definition) is 6. The topological polar surface area (TPSA) is 87.2 Å². The first kappa shape index (κ1) is 15.9. The van der Waals surface area contributed by atoms with E-state index < -0.39 is 17.6 Å². The molecule has 0 saturated heterocycles. The van der Waals surface area contributed by atoms with Crippen LogP contribution in [0.2, 0.25) is 0 Å². The monoisotopic (exact) mass is 327 g/mol. The molecule has 0 fully saturated rings. The van der Waals surface area contributed by atoms with Crippen LogP contribution in [0.25, 0.3) is 22.2 Å². The molecule has 0 spiro atoms. The van der Waals surface area contributed by atoms with Gasteiger partial charge < -0.3 is 9.26 Å². The summed E-state index contributed by atoms with van der Waals surface area (Å²) < 4.78 is 11.3. The molecule has 0 aliphatic heterocycles. The molecule has 7 nitrogen and oxygen atoms in total. The van der Waals surface area contributed by atoms with E-state index >= 15 is 0 Å². The molecule has 3 aromatic rings. The molecule has 0 N–H and O–H groups in total. The third kappa shape index (κ3) is 2.58. The lowest BCUT2D eigenvalue weighted by atomic mass is 10.1. The van der Waals surface area contributed by atoms with Crippen LogP contribution < -0.4 is 5.56 Å². The van der Waals surface area contributed by atoms with E-state index in [0.29, 0.717) is 16.8 Å². The Balaban J connectivity index is 2.28. The van der Waals surface area contributed by atoms with Crippen molar-refractivity contribution in [3.63, 3.8) is 0 Å². The number of esters is 1. The summed E-state index contributed by atoms with van der Waals surface area (Å²) in [4.78, 5) is 24.7. The summed E-state index contributed by atoms with van der Waals surface area (Å²) in [5.74, 6) is -0.0185. The minimum Gasteiger partial charge on any atom is -0.464 e. The van der Waals surface area contributed by atoms with E-state index in [1.807, 2.05) is 30.3 Å². The minimum atomic E-state index is -0.860. The van der Waals surface area contributed by atoms with E-state index in [9.17, 15) is 9.59 Å². The largest absolute Gasteiger partial charge is 0.464 e. The maximum Gasteiger partial charge on any atom is 0.330 e. The molecule has 7 heteroatoms. The molecule has 2 aromatic heterocycles. The summed E-state index contributed by atoms with van der Waals surface area (Å²) in [6.07, 6.45) is 0. The van der Waals surface area contributed by atoms with E-state index in [0.717, 1.165) is 10.2 Å². The van der Waals surface area contributed by atoms with Gasteiger partial charge in [-0.1, -0.05) is 35.5 Å². The molecule has 0 aliphatic rings. The van der Waals surface area contributed by atoms with Crippen molar-refractivity contribution in [1.82, 2.24) is 14.9 Å². The number of fused-ring (bicyclic) bond motifs is 1. The second-order valence-electron chi connectivity index (χ2n) is 5.35. The van der Waals surface area contributed by atoms with E-state index in [1.54, 1.807) is 20.8 Å². The minimum absolute atomic E-state index is 0.150. The van der Waals surface area contributed by atoms with Crippen LogP contribution in [0.1, 0.15) is 25.6 Å². The maximum absolute atomic E-state index is 12.6. The zero-order valence-corrected chi connectivity index (χ0v) is 13.6. The van der Waals surface area contributed by atoms with Gasteiger partial charge in [0.1, 0.15) is 11.5 Å². The zero-order chi connectivity index (χ0) is 17.3. The lowest BCUT2D eigenvalue weighted by molar-refractivity contribution is -0.146. The van der Waals surface area contributed by atoms with Gasteiger partial charge in [-0.3, -0.25) is 4.79 Å². The van der Waals surface area contributed by atoms with Gasteiger partial charge in [0.15, 0.2) is 11.6 Å². The number of hydrogen-bond donors (Lipinski definition) is 0. The second kappa shape index (κ2) is 6.27. The smallest absolute Gasteiger partial charge is 0.330 e. The first-order chi connectivity index (χ1) is 11.5. The third-order valence-electron chi connectivity index (χ3n) is 3.76. The van der Waals surface area contributed by atoms with Crippen LogP contribution in [-0.4, -0.2) is 27.5 Å². The van der Waals surface area contributed by atoms with Crippen LogP contribution in [-0.2, 0) is 9.53 Å². The van der Waals surface area contributed by atoms with Crippen molar-refractivity contribution in [3.8, 4) is 11.3 Å². The number of ether oxygens (including phenoxy) is 1. The van der Waals surface area contributed by atoms with Crippen LogP contribution in [0.3, 0.4) is 0 Å². The van der Waals surface area contributed by atoms with Gasteiger partial charge in [0, 0.05) is 5.56 Å². The van der Waals surface area contributed by atoms with Gasteiger partial charge in [-0.25, -0.2) is 9.48 Å². The van der Waals surface area contributed by atoms with Gasteiger partial charge in [0.05, 0.1) is 12.0 Å². The average Bonchev–Trinajstić information content (AvgIpc) is 2.98. The van der Waals surface area contributed by atoms with Crippen molar-refractivity contribution < 1.29 is 14.1 Å². The molecule has 0 radical (unpaired) electrons. The molecule has 0 bridgehead atoms. The Morgan fingerprint density at radius 1 is 1.33 bits per heavy atom. The highest BCUT2D eigenvalue weighted by Crippen LogP contribution is 2.27. The second-order valence-corrected chi connectivity index (χ2v) is 5.35. The summed E-state index contributed by atoms with van der Waals surface area (Å²) in [6.45, 7) is 5.23. The van der Waals surface area contributed by atoms with E-state index in [4.69, 9.17) is 9.26 Å². The lowest BCUT2D eigenvalue weighted by Crippen LogP contribution is -2.32. The third-order valence-corrected chi connectivity index (χ3v) is 3.76. The number of rotatable bonds is 4. The summed E-state index contributed by atoms with van der Waals surface area (Å²) >= 11 is 0. The lowest BCUT2D eigenvalue weighted by Gasteiger charge is -2.14. The van der Waals surface area contributed by atoms with Crippen molar-refractivity contribution in [3.05, 3.63) is 46.4 Å². The molecule has 0 amide bonds. The quantitative estimate of drug-likeness (QED) is 0.684. The molecule has 1 aromatic carbocycles. The van der Waals surface area contributed by atoms with E-state index in [2.05, 4.69) is 10.3 Å². The Hall–Kier alpha value is -2.96. The van der Waals surface area contributed by atoms with Crippen molar-refractivity contribution in [2.45, 2.75) is 26.8 Å². The average molecular weight is 327 g/mol. The molecular formula is C17H17N3O4. The summed E-state index contributed by atoms with van der Waals surface area (Å²) in [6, 6.07) is 8.52. The number of aromatic nitrogens is 3. The summed E-state index contributed by atoms with van der Waals surface area (Å²) in [5, 5.41) is 8.82. The highest BCUT2D eigenvalue weighted by atomic mass is 16.5. The predicted molar refractivity (Wildman–Crippen MR) is 87.6 cm³/mol. The summed E-state index contributed by atoms with van der Waals surface area (Å²) in [7, 11) is 0. The standard InChI is InChI=1S/C17H17N3O4/c1-4-23-17(22)10(2)20-16(21)15-13(11(3)24-19-15)14(18-20)12-8-6-5-7-9-12/h5-10H,4H2,1-3H3. The molecular weight excluding hydrogens is 310 g/mol. The van der Waals surface area contributed by atoms with Crippen molar-refractivity contribution in [2.75, 3.05) is 6.61 Å². The SMILES string of the molecule is CCOC(=O)C(C)n1nc(-c2ccccc2)c2c(C)onc2c1=O. The molecule has 0 aliphatic carbocycles. The Bertz CT molecular complexity index is 944. The van der Waals surface area contributed by atoms with Crippen LogP contribution >= 0.6 is 0 Å². The molecule has 124 valence electrons. The van der Waals surface area contributed by atoms with Crippen molar-refractivity contribution in [1.29, 1.82) is 0 Å². The predicted octanol–water partition coefficient (Wildman–Crippen LogP) is 2.48. The van der Waals surface area contributed by atoms with Gasteiger partial charge in [0.2, 0.25) is 0 Å². The number of nitrogens with zero attached hydrogens (tertiary/aromatic N) is 3. The first-order valence-electron chi connectivity index (χ1n) is 7.65. The van der Waals surface area contributed by atoms with Crippen LogP contribution in [0.4, 0.5) is 0 Å². The first-order valence-corrected chi connectivity index (χ1v) is 7.65. The highest BCUT2D eigenvalue weighted by molar-refractivity contribution is 5.93. The molecule has 2 heterocycles. The fourth-order valence-electron chi connectivity index (χ4n) is 2.53. The number of aryl methyl sites for hydroxylation is 1. The molecule has 0 saturated carbocycles. The molecule has 3 rings (SSSR count). The van der Waals surface area contributed by atoms with Gasteiger partial charge in [-0.15, -0.1) is 0 Å². The van der Waals surface area contributed by atoms with Gasteiger partial charge in [-0.2, -0.15) is 5.10 Å². The van der Waals surface area contributed by atoms with Crippen molar-refractivity contribution in [2.24, 2.45) is 0 Å². The highest BCUT2D eigenvalue weighted by Gasteiger charge is 2.24. The molecule has 1 unspecified atom stereocenters.